The first-order chi connectivity index (χ1) is 5.22. The Hall–Kier alpha value is -1.05. The Morgan fingerprint density at radius 2 is 2.18 bits per heavy atom. The average molecular weight is 150 g/mol. The van der Waals surface area contributed by atoms with Crippen LogP contribution in [0.2, 0.25) is 0 Å². The number of nitrogens with zero attached hydrogens (tertiary/aromatic N) is 1. The van der Waals surface area contributed by atoms with Gasteiger partial charge in [-0.2, -0.15) is 0 Å². The van der Waals surface area contributed by atoms with Crippen LogP contribution in [0.3, 0.4) is 0 Å². The normalized spacial score (nSPS) is 10.0. The molecule has 0 bridgehead atoms. The smallest absolute Gasteiger partial charge is 0.0427 e. The van der Waals surface area contributed by atoms with Crippen molar-refractivity contribution in [1.82, 2.24) is 4.98 Å². The first-order valence-electron chi connectivity index (χ1n) is 3.95. The van der Waals surface area contributed by atoms with Crippen LogP contribution >= 0.6 is 0 Å². The van der Waals surface area contributed by atoms with Crippen molar-refractivity contribution in [2.45, 2.75) is 26.7 Å². The molecule has 1 aromatic rings. The van der Waals surface area contributed by atoms with E-state index in [0.29, 0.717) is 0 Å². The molecule has 0 aliphatic carbocycles. The lowest BCUT2D eigenvalue weighted by Gasteiger charge is -2.01. The lowest BCUT2D eigenvalue weighted by molar-refractivity contribution is 0.875. The van der Waals surface area contributed by atoms with Gasteiger partial charge >= 0.3 is 0 Å². The minimum absolute atomic E-state index is 0.820. The predicted octanol–water partition coefficient (Wildman–Crippen LogP) is 1.92. The molecule has 2 nitrogen and oxygen atoms in total. The van der Waals surface area contributed by atoms with Gasteiger partial charge < -0.3 is 5.73 Å². The maximum Gasteiger partial charge on any atom is 0.0427 e. The van der Waals surface area contributed by atoms with Crippen LogP contribution in [-0.4, -0.2) is 4.98 Å². The second kappa shape index (κ2) is 3.37. The maximum absolute atomic E-state index is 5.65. The number of nitrogens with two attached hydrogens (primary N) is 1. The summed E-state index contributed by atoms with van der Waals surface area (Å²) in [5.74, 6) is 0. The maximum atomic E-state index is 5.65. The van der Waals surface area contributed by atoms with Gasteiger partial charge in [-0.25, -0.2) is 0 Å². The van der Waals surface area contributed by atoms with Crippen molar-refractivity contribution in [3.8, 4) is 0 Å². The van der Waals surface area contributed by atoms with E-state index in [4.69, 9.17) is 5.73 Å². The summed E-state index contributed by atoms with van der Waals surface area (Å²) in [6.45, 7) is 4.11. The standard InChI is InChI=1S/C9H14N2/c1-3-4-9-6-8(10)5-7(2)11-9/h5-6H,3-4H2,1-2H3,(H2,10,11). The topological polar surface area (TPSA) is 38.9 Å². The highest BCUT2D eigenvalue weighted by molar-refractivity contribution is 5.39. The number of rotatable bonds is 2. The number of pyridine rings is 1. The van der Waals surface area contributed by atoms with Crippen LogP contribution in [0.15, 0.2) is 12.1 Å². The van der Waals surface area contributed by atoms with Crippen LogP contribution in [-0.2, 0) is 6.42 Å². The Morgan fingerprint density at radius 1 is 1.45 bits per heavy atom. The van der Waals surface area contributed by atoms with Crippen molar-refractivity contribution in [2.75, 3.05) is 5.73 Å². The molecule has 0 saturated heterocycles. The number of aryl methyl sites for hydroxylation is 2. The number of hydrogen-bond acceptors (Lipinski definition) is 2. The molecule has 0 unspecified atom stereocenters. The quantitative estimate of drug-likeness (QED) is 0.699. The molecule has 2 heteroatoms. The zero-order valence-corrected chi connectivity index (χ0v) is 7.09. The number of nitrogen functional groups attached to an aromatic ring is 1. The molecule has 0 aliphatic rings. The van der Waals surface area contributed by atoms with Gasteiger partial charge in [0.15, 0.2) is 0 Å². The molecule has 0 fully saturated rings. The van der Waals surface area contributed by atoms with Crippen molar-refractivity contribution < 1.29 is 0 Å². The van der Waals surface area contributed by atoms with E-state index in [-0.39, 0.29) is 0 Å². The summed E-state index contributed by atoms with van der Waals surface area (Å²) in [5, 5.41) is 0. The highest BCUT2D eigenvalue weighted by Gasteiger charge is 1.95. The van der Waals surface area contributed by atoms with Crippen molar-refractivity contribution >= 4 is 5.69 Å². The van der Waals surface area contributed by atoms with E-state index in [1.807, 2.05) is 19.1 Å². The van der Waals surface area contributed by atoms with Gasteiger partial charge in [-0.05, 0) is 25.5 Å². The molecule has 0 spiro atoms. The van der Waals surface area contributed by atoms with Gasteiger partial charge in [-0.3, -0.25) is 4.98 Å². The largest absolute Gasteiger partial charge is 0.399 e. The minimum atomic E-state index is 0.820. The minimum Gasteiger partial charge on any atom is -0.399 e. The number of hydrogen-bond donors (Lipinski definition) is 1. The lowest BCUT2D eigenvalue weighted by Crippen LogP contribution is -1.95. The Labute approximate surface area is 67.5 Å². The fourth-order valence-corrected chi connectivity index (χ4v) is 1.15. The number of anilines is 1. The molecule has 0 saturated carbocycles. The monoisotopic (exact) mass is 150 g/mol. The Morgan fingerprint density at radius 3 is 2.73 bits per heavy atom. The van der Waals surface area contributed by atoms with Gasteiger partial charge in [0.1, 0.15) is 0 Å². The highest BCUT2D eigenvalue weighted by atomic mass is 14.7. The van der Waals surface area contributed by atoms with E-state index >= 15 is 0 Å². The summed E-state index contributed by atoms with van der Waals surface area (Å²) in [4.78, 5) is 4.34. The van der Waals surface area contributed by atoms with Gasteiger partial charge in [0, 0.05) is 17.1 Å². The molecule has 11 heavy (non-hydrogen) atoms. The van der Waals surface area contributed by atoms with Gasteiger partial charge in [0.2, 0.25) is 0 Å². The summed E-state index contributed by atoms with van der Waals surface area (Å²) in [7, 11) is 0. The molecule has 0 aromatic carbocycles. The van der Waals surface area contributed by atoms with Crippen LogP contribution in [0.25, 0.3) is 0 Å². The van der Waals surface area contributed by atoms with Crippen LogP contribution in [0.5, 0.6) is 0 Å². The first-order valence-corrected chi connectivity index (χ1v) is 3.95. The van der Waals surface area contributed by atoms with Gasteiger partial charge in [-0.1, -0.05) is 13.3 Å². The molecule has 1 aromatic heterocycles. The Kier molecular flexibility index (Phi) is 2.47. The van der Waals surface area contributed by atoms with Crippen molar-refractivity contribution in [3.05, 3.63) is 23.5 Å². The molecule has 0 radical (unpaired) electrons. The predicted molar refractivity (Wildman–Crippen MR) is 47.4 cm³/mol. The molecule has 60 valence electrons. The molecule has 0 atom stereocenters. The van der Waals surface area contributed by atoms with E-state index in [2.05, 4.69) is 11.9 Å². The van der Waals surface area contributed by atoms with E-state index < -0.39 is 0 Å². The summed E-state index contributed by atoms with van der Waals surface area (Å²) < 4.78 is 0. The summed E-state index contributed by atoms with van der Waals surface area (Å²) in [5.41, 5.74) is 8.58. The fourth-order valence-electron chi connectivity index (χ4n) is 1.15. The summed E-state index contributed by atoms with van der Waals surface area (Å²) >= 11 is 0. The molecular formula is C9H14N2. The summed E-state index contributed by atoms with van der Waals surface area (Å²) in [6.07, 6.45) is 2.14. The van der Waals surface area contributed by atoms with Crippen molar-refractivity contribution in [3.63, 3.8) is 0 Å². The second-order valence-corrected chi connectivity index (χ2v) is 2.78. The molecule has 1 rings (SSSR count). The first kappa shape index (κ1) is 8.05. The third-order valence-corrected chi connectivity index (χ3v) is 1.53. The fraction of sp³-hybridized carbons (Fsp3) is 0.444. The molecule has 0 amide bonds. The zero-order chi connectivity index (χ0) is 8.27. The summed E-state index contributed by atoms with van der Waals surface area (Å²) in [6, 6.07) is 3.83. The van der Waals surface area contributed by atoms with Gasteiger partial charge in [0.05, 0.1) is 0 Å². The van der Waals surface area contributed by atoms with Crippen LogP contribution < -0.4 is 5.73 Å². The molecule has 2 N–H and O–H groups in total. The molecule has 1 heterocycles. The Balaban J connectivity index is 2.89. The van der Waals surface area contributed by atoms with E-state index in [1.54, 1.807) is 0 Å². The third-order valence-electron chi connectivity index (χ3n) is 1.53. The van der Waals surface area contributed by atoms with Crippen molar-refractivity contribution in [1.29, 1.82) is 0 Å². The van der Waals surface area contributed by atoms with Gasteiger partial charge in [-0.15, -0.1) is 0 Å². The molecular weight excluding hydrogens is 136 g/mol. The zero-order valence-electron chi connectivity index (χ0n) is 7.09. The van der Waals surface area contributed by atoms with E-state index in [1.165, 1.54) is 0 Å². The van der Waals surface area contributed by atoms with Crippen molar-refractivity contribution in [2.24, 2.45) is 0 Å². The Bertz CT molecular complexity index is 223. The van der Waals surface area contributed by atoms with Crippen LogP contribution in [0.1, 0.15) is 24.7 Å². The van der Waals surface area contributed by atoms with Crippen LogP contribution in [0.4, 0.5) is 5.69 Å². The second-order valence-electron chi connectivity index (χ2n) is 2.78. The van der Waals surface area contributed by atoms with E-state index in [0.717, 1.165) is 29.9 Å². The lowest BCUT2D eigenvalue weighted by atomic mass is 10.2. The molecule has 0 aliphatic heterocycles. The van der Waals surface area contributed by atoms with Gasteiger partial charge in [0.25, 0.3) is 0 Å². The van der Waals surface area contributed by atoms with E-state index in [9.17, 15) is 0 Å². The third kappa shape index (κ3) is 2.22. The highest BCUT2D eigenvalue weighted by Crippen LogP contribution is 2.08. The SMILES string of the molecule is CCCc1cc(N)cc(C)n1. The average Bonchev–Trinajstić information content (AvgIpc) is 1.85. The number of aromatic nitrogens is 1. The van der Waals surface area contributed by atoms with Crippen LogP contribution in [0, 0.1) is 6.92 Å².